The van der Waals surface area contributed by atoms with E-state index in [4.69, 9.17) is 18.8 Å². The van der Waals surface area contributed by atoms with E-state index < -0.39 is 35.0 Å². The van der Waals surface area contributed by atoms with Gasteiger partial charge in [-0.05, 0) is 80.5 Å². The molecule has 2 fully saturated rings. The number of amides is 2. The zero-order valence-corrected chi connectivity index (χ0v) is 23.2. The first-order valence-electron chi connectivity index (χ1n) is 12.9. The molecule has 10 nitrogen and oxygen atoms in total. The number of hydrogen-bond acceptors (Lipinski definition) is 7. The van der Waals surface area contributed by atoms with Crippen molar-refractivity contribution in [1.29, 1.82) is 0 Å². The molecule has 2 aliphatic rings. The Kier molecular flexibility index (Phi) is 9.86. The largest absolute Gasteiger partial charge is 0.481 e. The van der Waals surface area contributed by atoms with Crippen molar-refractivity contribution in [2.75, 3.05) is 13.7 Å². The first-order valence-corrected chi connectivity index (χ1v) is 12.9. The zero-order valence-electron chi connectivity index (χ0n) is 23.2. The molecule has 1 saturated carbocycles. The summed E-state index contributed by atoms with van der Waals surface area (Å²) in [6.45, 7) is 13.2. The number of unbranched alkanes of at least 4 members (excludes halogenated alkanes) is 1. The van der Waals surface area contributed by atoms with E-state index in [-0.39, 0.29) is 31.0 Å². The molecular weight excluding hydrogens is 467 g/mol. The molecule has 36 heavy (non-hydrogen) atoms. The fraction of sp³-hybridized carbons (Fsp3) is 0.880. The maximum absolute atomic E-state index is 12.8. The number of ether oxygens (including phenoxy) is 2. The van der Waals surface area contributed by atoms with Crippen LogP contribution in [0.2, 0.25) is 6.32 Å². The van der Waals surface area contributed by atoms with Crippen molar-refractivity contribution in [3.05, 3.63) is 0 Å². The fourth-order valence-electron chi connectivity index (χ4n) is 4.74. The lowest BCUT2D eigenvalue weighted by Crippen LogP contribution is -2.52. The number of carbonyl (C=O) groups is 3. The zero-order chi connectivity index (χ0) is 27.4. The van der Waals surface area contributed by atoms with Crippen molar-refractivity contribution in [1.82, 2.24) is 10.6 Å². The van der Waals surface area contributed by atoms with Crippen LogP contribution in [-0.2, 0) is 28.4 Å². The van der Waals surface area contributed by atoms with Crippen molar-refractivity contribution >= 4 is 25.1 Å². The highest BCUT2D eigenvalue weighted by Crippen LogP contribution is 2.43. The van der Waals surface area contributed by atoms with Crippen LogP contribution in [0.4, 0.5) is 4.79 Å². The van der Waals surface area contributed by atoms with Gasteiger partial charge in [-0.15, -0.1) is 0 Å². The highest BCUT2D eigenvalue weighted by Gasteiger charge is 2.51. The summed E-state index contributed by atoms with van der Waals surface area (Å²) in [5.41, 5.74) is -2.35. The normalized spacial score (nSPS) is 25.9. The number of nitrogens with one attached hydrogen (secondary N) is 2. The topological polar surface area (TPSA) is 132 Å². The molecule has 0 aromatic heterocycles. The van der Waals surface area contributed by atoms with E-state index >= 15 is 0 Å². The van der Waals surface area contributed by atoms with E-state index in [0.29, 0.717) is 32.0 Å². The van der Waals surface area contributed by atoms with E-state index in [1.807, 2.05) is 27.7 Å². The number of rotatable bonds is 11. The Bertz CT molecular complexity index is 781. The second kappa shape index (κ2) is 11.7. The molecule has 1 heterocycles. The molecule has 0 aromatic rings. The average Bonchev–Trinajstić information content (AvgIpc) is 3.21. The Morgan fingerprint density at radius 2 is 1.72 bits per heavy atom. The number of carbonyl (C=O) groups excluding carboxylic acids is 2. The number of alkyl carbamates (subject to hydrolysis) is 1. The van der Waals surface area contributed by atoms with Gasteiger partial charge in [0, 0.05) is 13.2 Å². The van der Waals surface area contributed by atoms with Gasteiger partial charge in [0.15, 0.2) is 0 Å². The second-order valence-electron chi connectivity index (χ2n) is 12.1. The van der Waals surface area contributed by atoms with Crippen LogP contribution in [0.15, 0.2) is 0 Å². The van der Waals surface area contributed by atoms with Gasteiger partial charge in [0.1, 0.15) is 11.6 Å². The third-order valence-corrected chi connectivity index (χ3v) is 7.40. The number of aliphatic carboxylic acids is 1. The highest BCUT2D eigenvalue weighted by atomic mass is 16.7. The molecule has 1 aliphatic carbocycles. The molecular formula is C25H45BN2O8. The van der Waals surface area contributed by atoms with E-state index in [2.05, 4.69) is 10.6 Å². The molecule has 3 N–H and O–H groups in total. The lowest BCUT2D eigenvalue weighted by Gasteiger charge is -2.32. The Labute approximate surface area is 215 Å². The minimum atomic E-state index is -0.940. The fourth-order valence-corrected chi connectivity index (χ4v) is 4.74. The minimum Gasteiger partial charge on any atom is -0.481 e. The van der Waals surface area contributed by atoms with E-state index in [0.717, 1.165) is 12.8 Å². The van der Waals surface area contributed by atoms with Gasteiger partial charge in [0.05, 0.1) is 23.2 Å². The monoisotopic (exact) mass is 512 g/mol. The van der Waals surface area contributed by atoms with E-state index in [9.17, 15) is 19.5 Å². The number of methoxy groups -OCH3 is 1. The standard InChI is InChI=1S/C25H45BN2O8/c1-22(2,3)34-21(32)28-18(16-33-8)19(29)27-17-11-13-25(15-17,20(30)31)12-9-10-14-26-35-23(4,5)24(6,7)36-26/h17-18H,9-16H2,1-8H3,(H,27,29)(H,28,32)(H,30,31)/t17-,18-,25+/m0/s1. The Hall–Kier alpha value is -1.85. The Balaban J connectivity index is 1.87. The van der Waals surface area contributed by atoms with Gasteiger partial charge >= 0.3 is 19.2 Å². The van der Waals surface area contributed by atoms with Gasteiger partial charge in [0.25, 0.3) is 0 Å². The van der Waals surface area contributed by atoms with Gasteiger partial charge in [-0.1, -0.05) is 12.8 Å². The average molecular weight is 512 g/mol. The van der Waals surface area contributed by atoms with Crippen LogP contribution in [0.5, 0.6) is 0 Å². The lowest BCUT2D eigenvalue weighted by molar-refractivity contribution is -0.149. The molecule has 0 radical (unpaired) electrons. The summed E-state index contributed by atoms with van der Waals surface area (Å²) < 4.78 is 22.4. The molecule has 3 atom stereocenters. The van der Waals surface area contributed by atoms with E-state index in [1.165, 1.54) is 7.11 Å². The second-order valence-corrected chi connectivity index (χ2v) is 12.1. The molecule has 11 heteroatoms. The molecule has 2 rings (SSSR count). The van der Waals surface area contributed by atoms with Gasteiger partial charge in [-0.25, -0.2) is 4.79 Å². The third kappa shape index (κ3) is 8.08. The number of hydrogen-bond donors (Lipinski definition) is 3. The van der Waals surface area contributed by atoms with Crippen LogP contribution in [0.3, 0.4) is 0 Å². The Morgan fingerprint density at radius 3 is 2.25 bits per heavy atom. The molecule has 0 aromatic carbocycles. The summed E-state index contributed by atoms with van der Waals surface area (Å²) in [5.74, 6) is -1.26. The molecule has 1 aliphatic heterocycles. The summed E-state index contributed by atoms with van der Waals surface area (Å²) in [7, 11) is 1.15. The predicted octanol–water partition coefficient (Wildman–Crippen LogP) is 3.53. The van der Waals surface area contributed by atoms with Crippen molar-refractivity contribution in [2.45, 2.75) is 122 Å². The van der Waals surface area contributed by atoms with Crippen LogP contribution in [0.25, 0.3) is 0 Å². The van der Waals surface area contributed by atoms with E-state index in [1.54, 1.807) is 20.8 Å². The van der Waals surface area contributed by atoms with Gasteiger partial charge in [-0.3, -0.25) is 9.59 Å². The lowest BCUT2D eigenvalue weighted by atomic mass is 9.77. The Morgan fingerprint density at radius 1 is 1.11 bits per heavy atom. The smallest absolute Gasteiger partial charge is 0.457 e. The summed E-state index contributed by atoms with van der Waals surface area (Å²) in [5, 5.41) is 15.5. The number of carboxylic acid groups (broad SMARTS) is 1. The van der Waals surface area contributed by atoms with Crippen molar-refractivity contribution in [2.24, 2.45) is 5.41 Å². The van der Waals surface area contributed by atoms with Gasteiger partial charge in [0.2, 0.25) is 5.91 Å². The quantitative estimate of drug-likeness (QED) is 0.283. The maximum Gasteiger partial charge on any atom is 0.457 e. The molecule has 0 spiro atoms. The van der Waals surface area contributed by atoms with Crippen molar-refractivity contribution in [3.8, 4) is 0 Å². The van der Waals surface area contributed by atoms with Crippen molar-refractivity contribution < 1.29 is 38.3 Å². The maximum atomic E-state index is 12.8. The predicted molar refractivity (Wildman–Crippen MR) is 136 cm³/mol. The molecule has 0 bridgehead atoms. The summed E-state index contributed by atoms with van der Waals surface area (Å²) in [4.78, 5) is 37.2. The van der Waals surface area contributed by atoms with Crippen LogP contribution in [0.1, 0.15) is 87.0 Å². The van der Waals surface area contributed by atoms with Crippen LogP contribution < -0.4 is 10.6 Å². The third-order valence-electron chi connectivity index (χ3n) is 7.40. The first kappa shape index (κ1) is 30.4. The molecule has 0 unspecified atom stereocenters. The minimum absolute atomic E-state index is 0.0270. The van der Waals surface area contributed by atoms with Gasteiger partial charge < -0.3 is 34.5 Å². The summed E-state index contributed by atoms with van der Waals surface area (Å²) in [6, 6.07) is -1.24. The summed E-state index contributed by atoms with van der Waals surface area (Å²) in [6.07, 6.45) is 3.41. The van der Waals surface area contributed by atoms with Gasteiger partial charge in [-0.2, -0.15) is 0 Å². The van der Waals surface area contributed by atoms with Crippen LogP contribution in [0, 0.1) is 5.41 Å². The van der Waals surface area contributed by atoms with Crippen LogP contribution >= 0.6 is 0 Å². The molecule has 206 valence electrons. The SMILES string of the molecule is COC[C@H](NC(=O)OC(C)(C)C)C(=O)N[C@H]1CC[C@@](CCCCB2OC(C)(C)C(C)(C)O2)(C(=O)O)C1. The van der Waals surface area contributed by atoms with Crippen LogP contribution in [-0.4, -0.2) is 72.8 Å². The molecule has 1 saturated heterocycles. The molecule has 2 amide bonds. The first-order chi connectivity index (χ1) is 16.5. The highest BCUT2D eigenvalue weighted by molar-refractivity contribution is 6.45. The van der Waals surface area contributed by atoms with Crippen molar-refractivity contribution in [3.63, 3.8) is 0 Å². The number of carboxylic acids is 1. The summed E-state index contributed by atoms with van der Waals surface area (Å²) >= 11 is 0.